The Morgan fingerprint density at radius 1 is 1.14 bits per heavy atom. The van der Waals surface area contributed by atoms with E-state index in [1.54, 1.807) is 26.0 Å². The van der Waals surface area contributed by atoms with Crippen LogP contribution in [0, 0.1) is 12.7 Å². The summed E-state index contributed by atoms with van der Waals surface area (Å²) in [5, 5.41) is 10.6. The fourth-order valence-corrected chi connectivity index (χ4v) is 4.38. The second-order valence-electron chi connectivity index (χ2n) is 9.87. The predicted octanol–water partition coefficient (Wildman–Crippen LogP) is 3.63. The minimum Gasteiger partial charge on any atom is -0.431 e. The van der Waals surface area contributed by atoms with Crippen molar-refractivity contribution in [1.82, 2.24) is 19.9 Å². The second kappa shape index (κ2) is 13.0. The first-order valence-corrected chi connectivity index (χ1v) is 13.4. The van der Waals surface area contributed by atoms with E-state index in [9.17, 15) is 18.8 Å². The molecule has 1 aliphatic rings. The number of ether oxygens (including phenoxy) is 3. The number of hydrogen-bond acceptors (Lipinski definition) is 11. The first kappa shape index (κ1) is 30.5. The van der Waals surface area contributed by atoms with Crippen molar-refractivity contribution in [1.29, 1.82) is 0 Å². The maximum Gasteiger partial charge on any atom is 0.511 e. The van der Waals surface area contributed by atoms with Crippen molar-refractivity contribution >= 4 is 46.7 Å². The van der Waals surface area contributed by atoms with Crippen LogP contribution >= 0.6 is 11.6 Å². The Hall–Kier alpha value is -4.43. The number of hydrogen-bond donors (Lipinski definition) is 2. The van der Waals surface area contributed by atoms with Crippen LogP contribution in [0.1, 0.15) is 40.3 Å². The Bertz CT molecular complexity index is 1490. The molecule has 3 N–H and O–H groups in total. The molecule has 0 saturated carbocycles. The Morgan fingerprint density at radius 2 is 1.86 bits per heavy atom. The quantitative estimate of drug-likeness (QED) is 0.220. The lowest BCUT2D eigenvalue weighted by Gasteiger charge is -2.35. The number of nitrogens with two attached hydrogens (primary N) is 1. The van der Waals surface area contributed by atoms with Crippen LogP contribution < -0.4 is 16.0 Å². The summed E-state index contributed by atoms with van der Waals surface area (Å²) in [7, 11) is 2.03. The molecule has 1 aliphatic heterocycles. The van der Waals surface area contributed by atoms with Crippen molar-refractivity contribution < 1.29 is 33.0 Å². The third-order valence-corrected chi connectivity index (χ3v) is 6.92. The average molecular weight is 604 g/mol. The molecule has 224 valence electrons. The number of carbonyl (C=O) groups is 3. The topological polar surface area (TPSA) is 154 Å². The van der Waals surface area contributed by atoms with Gasteiger partial charge in [0.2, 0.25) is 6.79 Å². The van der Waals surface area contributed by atoms with E-state index in [1.165, 1.54) is 23.9 Å². The SMILES string of the molecule is Cc1c(F)c(N)cc(C(=O)Nc2cc(-n3cc(C(=O)OCOC(=O)OC(C)C)nn3)ccc2N2CCN(C)CC2)c1Cl. The Morgan fingerprint density at radius 3 is 2.55 bits per heavy atom. The highest BCUT2D eigenvalue weighted by Gasteiger charge is 2.23. The maximum absolute atomic E-state index is 14.2. The number of anilines is 3. The van der Waals surface area contributed by atoms with Gasteiger partial charge in [-0.25, -0.2) is 18.7 Å². The summed E-state index contributed by atoms with van der Waals surface area (Å²) in [6, 6.07) is 6.43. The molecule has 0 aliphatic carbocycles. The Labute approximate surface area is 246 Å². The number of carbonyl (C=O) groups excluding carboxylic acids is 3. The fraction of sp³-hybridized carbons (Fsp3) is 0.370. The van der Waals surface area contributed by atoms with E-state index in [-0.39, 0.29) is 33.6 Å². The summed E-state index contributed by atoms with van der Waals surface area (Å²) < 4.78 is 29.9. The molecule has 0 unspecified atom stereocenters. The smallest absolute Gasteiger partial charge is 0.431 e. The average Bonchev–Trinajstić information content (AvgIpc) is 3.44. The summed E-state index contributed by atoms with van der Waals surface area (Å²) in [5.74, 6) is -2.14. The van der Waals surface area contributed by atoms with Crippen LogP contribution in [-0.2, 0) is 14.2 Å². The molecule has 0 spiro atoms. The predicted molar refractivity (Wildman–Crippen MR) is 153 cm³/mol. The minimum absolute atomic E-state index is 0.0214. The van der Waals surface area contributed by atoms with Gasteiger partial charge in [-0.2, -0.15) is 0 Å². The maximum atomic E-state index is 14.2. The van der Waals surface area contributed by atoms with E-state index in [0.29, 0.717) is 24.5 Å². The van der Waals surface area contributed by atoms with Gasteiger partial charge in [-0.15, -0.1) is 5.10 Å². The number of amides is 1. The number of likely N-dealkylation sites (N-methyl/N-ethyl adjacent to an activating group) is 1. The number of rotatable bonds is 8. The number of esters is 1. The number of piperazine rings is 1. The van der Waals surface area contributed by atoms with Crippen LogP contribution in [0.2, 0.25) is 5.02 Å². The number of aromatic nitrogens is 3. The highest BCUT2D eigenvalue weighted by molar-refractivity contribution is 6.35. The van der Waals surface area contributed by atoms with E-state index >= 15 is 0 Å². The van der Waals surface area contributed by atoms with Gasteiger partial charge in [-0.1, -0.05) is 16.8 Å². The van der Waals surface area contributed by atoms with Crippen LogP contribution in [0.4, 0.5) is 26.2 Å². The molecule has 1 amide bonds. The molecule has 13 nitrogen and oxygen atoms in total. The Balaban J connectivity index is 1.58. The fourth-order valence-electron chi connectivity index (χ4n) is 4.16. The summed E-state index contributed by atoms with van der Waals surface area (Å²) in [5.41, 5.74) is 7.14. The monoisotopic (exact) mass is 603 g/mol. The summed E-state index contributed by atoms with van der Waals surface area (Å²) >= 11 is 6.30. The van der Waals surface area contributed by atoms with Crippen molar-refractivity contribution in [3.63, 3.8) is 0 Å². The first-order valence-electron chi connectivity index (χ1n) is 13.0. The van der Waals surface area contributed by atoms with E-state index in [0.717, 1.165) is 18.8 Å². The molecule has 0 atom stereocenters. The van der Waals surface area contributed by atoms with Gasteiger partial charge in [0.15, 0.2) is 11.5 Å². The largest absolute Gasteiger partial charge is 0.511 e. The van der Waals surface area contributed by atoms with Gasteiger partial charge in [0.25, 0.3) is 5.91 Å². The molecule has 0 bridgehead atoms. The van der Waals surface area contributed by atoms with E-state index in [4.69, 9.17) is 26.8 Å². The normalized spacial score (nSPS) is 13.6. The van der Waals surface area contributed by atoms with Crippen molar-refractivity contribution in [2.45, 2.75) is 26.9 Å². The van der Waals surface area contributed by atoms with Gasteiger partial charge in [0, 0.05) is 31.7 Å². The van der Waals surface area contributed by atoms with Crippen molar-refractivity contribution in [2.24, 2.45) is 0 Å². The lowest BCUT2D eigenvalue weighted by Crippen LogP contribution is -2.44. The van der Waals surface area contributed by atoms with Crippen molar-refractivity contribution in [3.8, 4) is 5.69 Å². The lowest BCUT2D eigenvalue weighted by molar-refractivity contribution is -0.0347. The van der Waals surface area contributed by atoms with Gasteiger partial charge in [-0.05, 0) is 52.1 Å². The molecule has 2 heterocycles. The molecule has 1 fully saturated rings. The van der Waals surface area contributed by atoms with E-state index < -0.39 is 30.6 Å². The first-order chi connectivity index (χ1) is 19.9. The highest BCUT2D eigenvalue weighted by atomic mass is 35.5. The van der Waals surface area contributed by atoms with Gasteiger partial charge >= 0.3 is 12.1 Å². The molecule has 1 saturated heterocycles. The second-order valence-corrected chi connectivity index (χ2v) is 10.2. The van der Waals surface area contributed by atoms with Gasteiger partial charge in [0.05, 0.1) is 45.6 Å². The third-order valence-electron chi connectivity index (χ3n) is 6.43. The molecule has 0 radical (unpaired) electrons. The molecular formula is C27H31ClFN7O6. The molecule has 42 heavy (non-hydrogen) atoms. The van der Waals surface area contributed by atoms with Gasteiger partial charge in [0.1, 0.15) is 0 Å². The van der Waals surface area contributed by atoms with E-state index in [2.05, 4.69) is 30.2 Å². The molecule has 3 aromatic rings. The molecule has 4 rings (SSSR count). The summed E-state index contributed by atoms with van der Waals surface area (Å²) in [4.78, 5) is 41.5. The lowest BCUT2D eigenvalue weighted by atomic mass is 10.1. The van der Waals surface area contributed by atoms with Gasteiger partial charge < -0.3 is 35.1 Å². The molecular weight excluding hydrogens is 573 g/mol. The van der Waals surface area contributed by atoms with Crippen molar-refractivity contribution in [2.75, 3.05) is 56.0 Å². The van der Waals surface area contributed by atoms with Crippen LogP contribution in [0.3, 0.4) is 0 Å². The van der Waals surface area contributed by atoms with E-state index in [1.807, 2.05) is 13.1 Å². The number of nitrogens with zero attached hydrogens (tertiary/aromatic N) is 5. The van der Waals surface area contributed by atoms with Crippen LogP contribution in [0.25, 0.3) is 5.69 Å². The van der Waals surface area contributed by atoms with Crippen LogP contribution in [0.5, 0.6) is 0 Å². The zero-order chi connectivity index (χ0) is 30.6. The zero-order valence-electron chi connectivity index (χ0n) is 23.5. The number of nitrogen functional groups attached to an aromatic ring is 1. The number of halogens is 2. The van der Waals surface area contributed by atoms with Crippen LogP contribution in [0.15, 0.2) is 30.5 Å². The summed E-state index contributed by atoms with van der Waals surface area (Å²) in [6.07, 6.45) is -0.0387. The highest BCUT2D eigenvalue weighted by Crippen LogP contribution is 2.32. The van der Waals surface area contributed by atoms with Crippen molar-refractivity contribution in [3.05, 3.63) is 58.1 Å². The number of nitrogens with one attached hydrogen (secondary N) is 1. The number of benzene rings is 2. The third kappa shape index (κ3) is 7.06. The molecule has 15 heteroatoms. The molecule has 2 aromatic carbocycles. The Kier molecular flexibility index (Phi) is 9.48. The summed E-state index contributed by atoms with van der Waals surface area (Å²) in [6.45, 7) is 7.15. The van der Waals surface area contributed by atoms with Crippen LogP contribution in [-0.4, -0.2) is 84.0 Å². The molecule has 1 aromatic heterocycles. The standard InChI is InChI=1S/C27H31ClFN7O6/c1-15(2)42-27(39)41-14-40-26(38)21-13-36(33-32-21)17-5-6-22(35-9-7-34(4)8-10-35)20(11-17)31-25(37)18-12-19(30)24(29)16(3)23(18)28/h5-6,11-13,15H,7-10,14,30H2,1-4H3,(H,31,37). The zero-order valence-corrected chi connectivity index (χ0v) is 24.3. The van der Waals surface area contributed by atoms with Gasteiger partial charge in [-0.3, -0.25) is 4.79 Å². The minimum atomic E-state index is -0.976.